The molecule has 272 valence electrons. The van der Waals surface area contributed by atoms with E-state index in [9.17, 15) is 0 Å². The van der Waals surface area contributed by atoms with Crippen molar-refractivity contribution in [3.63, 3.8) is 0 Å². The largest absolute Gasteiger partial charge is 0.310 e. The second kappa shape index (κ2) is 14.1. The molecule has 0 fully saturated rings. The first-order valence-corrected chi connectivity index (χ1v) is 19.9. The Morgan fingerprint density at radius 1 is 0.259 bits per heavy atom. The number of hydrogen-bond donors (Lipinski definition) is 0. The zero-order chi connectivity index (χ0) is 38.4. The summed E-state index contributed by atoms with van der Waals surface area (Å²) in [6, 6.07) is 83.6. The summed E-state index contributed by atoms with van der Waals surface area (Å²) in [7, 11) is 0. The molecule has 0 aliphatic rings. The molecule has 0 N–H and O–H groups in total. The molecule has 0 saturated heterocycles. The van der Waals surface area contributed by atoms with Gasteiger partial charge in [-0.05, 0) is 122 Å². The van der Waals surface area contributed by atoms with E-state index in [0.717, 1.165) is 28.3 Å². The summed E-state index contributed by atoms with van der Waals surface area (Å²) in [5, 5.41) is 7.47. The van der Waals surface area contributed by atoms with Crippen LogP contribution in [0.1, 0.15) is 0 Å². The minimum absolute atomic E-state index is 1.10. The van der Waals surface area contributed by atoms with Crippen molar-refractivity contribution in [2.24, 2.45) is 0 Å². The number of nitrogens with zero attached hydrogens (tertiary/aromatic N) is 2. The number of rotatable bonds is 7. The zero-order valence-electron chi connectivity index (χ0n) is 31.8. The fourth-order valence-electron chi connectivity index (χ4n) is 8.98. The van der Waals surface area contributed by atoms with Gasteiger partial charge in [0, 0.05) is 33.5 Å². The smallest absolute Gasteiger partial charge is 0.0542 e. The first-order valence-electron chi connectivity index (χ1n) is 19.9. The minimum Gasteiger partial charge on any atom is -0.310 e. The maximum atomic E-state index is 2.41. The van der Waals surface area contributed by atoms with E-state index in [4.69, 9.17) is 0 Å². The molecule has 0 aliphatic carbocycles. The Morgan fingerprint density at radius 2 is 0.759 bits per heavy atom. The average Bonchev–Trinajstić information content (AvgIpc) is 3.63. The van der Waals surface area contributed by atoms with Gasteiger partial charge in [0.25, 0.3) is 0 Å². The number of benzene rings is 10. The molecule has 0 atom stereocenters. The molecule has 0 aliphatic heterocycles. The lowest BCUT2D eigenvalue weighted by Crippen LogP contribution is -2.10. The predicted octanol–water partition coefficient (Wildman–Crippen LogP) is 15.6. The van der Waals surface area contributed by atoms with Crippen molar-refractivity contribution < 1.29 is 0 Å². The number of hydrogen-bond acceptors (Lipinski definition) is 1. The van der Waals surface area contributed by atoms with Crippen molar-refractivity contribution in [1.29, 1.82) is 0 Å². The maximum absolute atomic E-state index is 2.41. The van der Waals surface area contributed by atoms with Gasteiger partial charge in [0.1, 0.15) is 0 Å². The monoisotopic (exact) mass is 738 g/mol. The molecular formula is C56H38N2. The first kappa shape index (κ1) is 33.6. The number of anilines is 3. The van der Waals surface area contributed by atoms with Crippen molar-refractivity contribution in [2.75, 3.05) is 4.90 Å². The van der Waals surface area contributed by atoms with Gasteiger partial charge < -0.3 is 9.47 Å². The predicted molar refractivity (Wildman–Crippen MR) is 247 cm³/mol. The van der Waals surface area contributed by atoms with Crippen LogP contribution in [0.3, 0.4) is 0 Å². The molecular weight excluding hydrogens is 701 g/mol. The van der Waals surface area contributed by atoms with Crippen molar-refractivity contribution in [3.05, 3.63) is 231 Å². The third-order valence-electron chi connectivity index (χ3n) is 11.5. The van der Waals surface area contributed by atoms with Gasteiger partial charge >= 0.3 is 0 Å². The van der Waals surface area contributed by atoms with Crippen LogP contribution in [0, 0.1) is 0 Å². The molecule has 11 aromatic rings. The summed E-state index contributed by atoms with van der Waals surface area (Å²) in [5.41, 5.74) is 14.1. The lowest BCUT2D eigenvalue weighted by molar-refractivity contribution is 1.18. The standard InChI is InChI=1S/C56H38N2/c1-5-18-39(19-6-1)55-50-30-14-13-28-47(50)48-34-32-42(37-52(48)56(55)40-20-7-2-8-21-40)41-22-17-27-45(36-41)57(43-23-9-3-10-24-43)46-33-35-54-51(38-46)49-29-15-16-31-53(49)58(54)44-25-11-4-12-26-44/h1-38H. The molecule has 0 spiro atoms. The summed E-state index contributed by atoms with van der Waals surface area (Å²) in [6.07, 6.45) is 0. The van der Waals surface area contributed by atoms with Crippen LogP contribution in [0.25, 0.3) is 82.4 Å². The van der Waals surface area contributed by atoms with Gasteiger partial charge in [-0.15, -0.1) is 0 Å². The molecule has 10 aromatic carbocycles. The topological polar surface area (TPSA) is 8.17 Å². The van der Waals surface area contributed by atoms with Gasteiger partial charge in [-0.3, -0.25) is 0 Å². The van der Waals surface area contributed by atoms with Crippen LogP contribution in [0.5, 0.6) is 0 Å². The SMILES string of the molecule is c1ccc(-c2c(-c3ccccc3)c3cc(-c4cccc(N(c5ccccc5)c5ccc6c(c5)c5ccccc5n6-c5ccccc5)c4)ccc3c3ccccc23)cc1. The zero-order valence-corrected chi connectivity index (χ0v) is 31.8. The highest BCUT2D eigenvalue weighted by Gasteiger charge is 2.20. The molecule has 0 amide bonds. The van der Waals surface area contributed by atoms with Crippen LogP contribution in [-0.2, 0) is 0 Å². The van der Waals surface area contributed by atoms with Crippen LogP contribution >= 0.6 is 0 Å². The lowest BCUT2D eigenvalue weighted by Gasteiger charge is -2.26. The molecule has 1 aromatic heterocycles. The van der Waals surface area contributed by atoms with Gasteiger partial charge in [0.2, 0.25) is 0 Å². The van der Waals surface area contributed by atoms with Crippen LogP contribution < -0.4 is 4.90 Å². The van der Waals surface area contributed by atoms with E-state index >= 15 is 0 Å². The van der Waals surface area contributed by atoms with Crippen molar-refractivity contribution in [1.82, 2.24) is 4.57 Å². The van der Waals surface area contributed by atoms with E-state index in [1.807, 2.05) is 0 Å². The van der Waals surface area contributed by atoms with Crippen LogP contribution in [-0.4, -0.2) is 4.57 Å². The van der Waals surface area contributed by atoms with Gasteiger partial charge in [0.05, 0.1) is 11.0 Å². The summed E-state index contributed by atoms with van der Waals surface area (Å²) < 4.78 is 2.37. The van der Waals surface area contributed by atoms with Crippen LogP contribution in [0.4, 0.5) is 17.1 Å². The highest BCUT2D eigenvalue weighted by atomic mass is 15.1. The minimum atomic E-state index is 1.10. The molecule has 58 heavy (non-hydrogen) atoms. The molecule has 0 unspecified atom stereocenters. The van der Waals surface area contributed by atoms with Gasteiger partial charge in [-0.25, -0.2) is 0 Å². The first-order chi connectivity index (χ1) is 28.8. The van der Waals surface area contributed by atoms with E-state index in [1.54, 1.807) is 0 Å². The van der Waals surface area contributed by atoms with E-state index in [2.05, 4.69) is 240 Å². The van der Waals surface area contributed by atoms with Crippen molar-refractivity contribution in [3.8, 4) is 39.1 Å². The molecule has 2 nitrogen and oxygen atoms in total. The van der Waals surface area contributed by atoms with E-state index in [0.29, 0.717) is 0 Å². The van der Waals surface area contributed by atoms with Gasteiger partial charge in [0.15, 0.2) is 0 Å². The highest BCUT2D eigenvalue weighted by Crippen LogP contribution is 2.46. The van der Waals surface area contributed by atoms with Crippen molar-refractivity contribution >= 4 is 60.4 Å². The second-order valence-electron chi connectivity index (χ2n) is 14.9. The van der Waals surface area contributed by atoms with E-state index < -0.39 is 0 Å². The Hall–Kier alpha value is -7.68. The summed E-state index contributed by atoms with van der Waals surface area (Å²) in [5.74, 6) is 0. The Kier molecular flexibility index (Phi) is 8.19. The van der Waals surface area contributed by atoms with Crippen LogP contribution in [0.15, 0.2) is 231 Å². The highest BCUT2D eigenvalue weighted by molar-refractivity contribution is 6.22. The quantitative estimate of drug-likeness (QED) is 0.148. The van der Waals surface area contributed by atoms with E-state index in [-0.39, 0.29) is 0 Å². The Balaban J connectivity index is 1.11. The van der Waals surface area contributed by atoms with Crippen LogP contribution in [0.2, 0.25) is 0 Å². The third-order valence-corrected chi connectivity index (χ3v) is 11.5. The molecule has 0 saturated carbocycles. The second-order valence-corrected chi connectivity index (χ2v) is 14.9. The molecule has 0 radical (unpaired) electrons. The number of para-hydroxylation sites is 3. The average molecular weight is 739 g/mol. The fourth-order valence-corrected chi connectivity index (χ4v) is 8.98. The lowest BCUT2D eigenvalue weighted by atomic mass is 9.84. The maximum Gasteiger partial charge on any atom is 0.0542 e. The number of fused-ring (bicyclic) bond motifs is 6. The summed E-state index contributed by atoms with van der Waals surface area (Å²) >= 11 is 0. The Morgan fingerprint density at radius 3 is 1.48 bits per heavy atom. The fraction of sp³-hybridized carbons (Fsp3) is 0. The molecule has 11 rings (SSSR count). The summed E-state index contributed by atoms with van der Waals surface area (Å²) in [4.78, 5) is 2.38. The van der Waals surface area contributed by atoms with Crippen molar-refractivity contribution in [2.45, 2.75) is 0 Å². The van der Waals surface area contributed by atoms with E-state index in [1.165, 1.54) is 71.2 Å². The molecule has 1 heterocycles. The summed E-state index contributed by atoms with van der Waals surface area (Å²) in [6.45, 7) is 0. The molecule has 0 bridgehead atoms. The third kappa shape index (κ3) is 5.66. The van der Waals surface area contributed by atoms with Gasteiger partial charge in [-0.2, -0.15) is 0 Å². The van der Waals surface area contributed by atoms with Gasteiger partial charge in [-0.1, -0.05) is 164 Å². The Bertz CT molecular complexity index is 3260. The normalized spacial score (nSPS) is 11.4. The molecule has 2 heteroatoms. The Labute approximate surface area is 338 Å². The number of aromatic nitrogens is 1.